The third-order valence-corrected chi connectivity index (χ3v) is 3.74. The predicted molar refractivity (Wildman–Crippen MR) is 80.3 cm³/mol. The SMILES string of the molecule is C1=C(C(c2ccccc2)c2ccccc2)CCNC1. The van der Waals surface area contributed by atoms with Crippen molar-refractivity contribution in [2.24, 2.45) is 0 Å². The van der Waals surface area contributed by atoms with E-state index in [9.17, 15) is 0 Å². The normalized spacial score (nSPS) is 15.3. The fraction of sp³-hybridized carbons (Fsp3) is 0.222. The minimum Gasteiger partial charge on any atom is -0.313 e. The lowest BCUT2D eigenvalue weighted by Crippen LogP contribution is -2.23. The fourth-order valence-corrected chi connectivity index (χ4v) is 2.81. The van der Waals surface area contributed by atoms with Gasteiger partial charge in [-0.05, 0) is 24.1 Å². The lowest BCUT2D eigenvalue weighted by Gasteiger charge is -2.24. The predicted octanol–water partition coefficient (Wildman–Crippen LogP) is 3.74. The molecular formula is C18H19N. The summed E-state index contributed by atoms with van der Waals surface area (Å²) in [6, 6.07) is 21.6. The number of benzene rings is 2. The van der Waals surface area contributed by atoms with Crippen molar-refractivity contribution in [3.05, 3.63) is 83.4 Å². The molecule has 0 aliphatic carbocycles. The van der Waals surface area contributed by atoms with Gasteiger partial charge in [-0.15, -0.1) is 0 Å². The van der Waals surface area contributed by atoms with E-state index >= 15 is 0 Å². The van der Waals surface area contributed by atoms with Crippen molar-refractivity contribution in [3.63, 3.8) is 0 Å². The van der Waals surface area contributed by atoms with Crippen LogP contribution in [-0.4, -0.2) is 13.1 Å². The molecule has 19 heavy (non-hydrogen) atoms. The summed E-state index contributed by atoms with van der Waals surface area (Å²) in [5, 5.41) is 3.40. The highest BCUT2D eigenvalue weighted by molar-refractivity contribution is 5.41. The molecule has 0 saturated heterocycles. The van der Waals surface area contributed by atoms with Gasteiger partial charge in [0.05, 0.1) is 0 Å². The molecule has 1 N–H and O–H groups in total. The second-order valence-electron chi connectivity index (χ2n) is 4.99. The minimum atomic E-state index is 0.407. The standard InChI is InChI=1S/C18H19N/c1-3-7-15(8-4-1)18(16-9-5-2-6-10-16)17-11-13-19-14-12-17/h1-11,18-19H,12-14H2. The molecule has 0 fully saturated rings. The molecule has 0 aromatic heterocycles. The Morgan fingerprint density at radius 1 is 0.789 bits per heavy atom. The highest BCUT2D eigenvalue weighted by Gasteiger charge is 2.19. The van der Waals surface area contributed by atoms with Crippen LogP contribution in [0, 0.1) is 0 Å². The van der Waals surface area contributed by atoms with E-state index in [-0.39, 0.29) is 0 Å². The summed E-state index contributed by atoms with van der Waals surface area (Å²) in [7, 11) is 0. The fourth-order valence-electron chi connectivity index (χ4n) is 2.81. The van der Waals surface area contributed by atoms with Gasteiger partial charge in [0.25, 0.3) is 0 Å². The van der Waals surface area contributed by atoms with Crippen LogP contribution in [0.1, 0.15) is 23.5 Å². The van der Waals surface area contributed by atoms with E-state index in [1.165, 1.54) is 16.7 Å². The second-order valence-corrected chi connectivity index (χ2v) is 4.99. The van der Waals surface area contributed by atoms with Gasteiger partial charge in [0.1, 0.15) is 0 Å². The Morgan fingerprint density at radius 2 is 1.37 bits per heavy atom. The van der Waals surface area contributed by atoms with Gasteiger partial charge in [0.15, 0.2) is 0 Å². The van der Waals surface area contributed by atoms with E-state index in [1.54, 1.807) is 0 Å². The summed E-state index contributed by atoms with van der Waals surface area (Å²) >= 11 is 0. The van der Waals surface area contributed by atoms with E-state index in [2.05, 4.69) is 72.1 Å². The highest BCUT2D eigenvalue weighted by atomic mass is 14.8. The first-order valence-electron chi connectivity index (χ1n) is 6.94. The average molecular weight is 249 g/mol. The third kappa shape index (κ3) is 2.77. The summed E-state index contributed by atoms with van der Waals surface area (Å²) in [6.45, 7) is 2.08. The first-order valence-corrected chi connectivity index (χ1v) is 6.94. The molecular weight excluding hydrogens is 230 g/mol. The molecule has 1 nitrogen and oxygen atoms in total. The number of nitrogens with one attached hydrogen (secondary N) is 1. The van der Waals surface area contributed by atoms with E-state index in [0.717, 1.165) is 19.5 Å². The van der Waals surface area contributed by atoms with E-state index in [1.807, 2.05) is 0 Å². The molecule has 1 aliphatic heterocycles. The molecule has 0 saturated carbocycles. The Morgan fingerprint density at radius 3 is 1.84 bits per heavy atom. The van der Waals surface area contributed by atoms with Gasteiger partial charge >= 0.3 is 0 Å². The number of hydrogen-bond donors (Lipinski definition) is 1. The van der Waals surface area contributed by atoms with E-state index in [4.69, 9.17) is 0 Å². The van der Waals surface area contributed by atoms with Gasteiger partial charge in [-0.2, -0.15) is 0 Å². The Kier molecular flexibility index (Phi) is 3.75. The van der Waals surface area contributed by atoms with Gasteiger partial charge in [0.2, 0.25) is 0 Å². The van der Waals surface area contributed by atoms with Gasteiger partial charge in [0, 0.05) is 12.5 Å². The van der Waals surface area contributed by atoms with Crippen molar-refractivity contribution in [2.75, 3.05) is 13.1 Å². The highest BCUT2D eigenvalue weighted by Crippen LogP contribution is 2.33. The van der Waals surface area contributed by atoms with Crippen molar-refractivity contribution >= 4 is 0 Å². The van der Waals surface area contributed by atoms with Crippen LogP contribution in [0.15, 0.2) is 72.3 Å². The van der Waals surface area contributed by atoms with Crippen molar-refractivity contribution in [1.29, 1.82) is 0 Å². The zero-order valence-corrected chi connectivity index (χ0v) is 11.0. The van der Waals surface area contributed by atoms with E-state index in [0.29, 0.717) is 5.92 Å². The lowest BCUT2D eigenvalue weighted by molar-refractivity contribution is 0.673. The number of rotatable bonds is 3. The minimum absolute atomic E-state index is 0.407. The van der Waals surface area contributed by atoms with Crippen LogP contribution in [0.5, 0.6) is 0 Å². The molecule has 0 bridgehead atoms. The molecule has 2 aromatic carbocycles. The average Bonchev–Trinajstić information content (AvgIpc) is 2.51. The maximum absolute atomic E-state index is 3.40. The zero-order chi connectivity index (χ0) is 12.9. The molecule has 2 aromatic rings. The first-order chi connectivity index (χ1) is 9.45. The van der Waals surface area contributed by atoms with Gasteiger partial charge in [-0.1, -0.05) is 72.3 Å². The Balaban J connectivity index is 2.03. The molecule has 0 unspecified atom stereocenters. The lowest BCUT2D eigenvalue weighted by atomic mass is 9.82. The smallest absolute Gasteiger partial charge is 0.0299 e. The molecule has 0 radical (unpaired) electrons. The summed E-state index contributed by atoms with van der Waals surface area (Å²) in [5.74, 6) is 0.407. The molecule has 1 heteroatoms. The molecule has 3 rings (SSSR count). The van der Waals surface area contributed by atoms with Crippen LogP contribution in [0.3, 0.4) is 0 Å². The Bertz CT molecular complexity index is 503. The molecule has 0 spiro atoms. The van der Waals surface area contributed by atoms with Crippen molar-refractivity contribution < 1.29 is 0 Å². The monoisotopic (exact) mass is 249 g/mol. The largest absolute Gasteiger partial charge is 0.313 e. The maximum Gasteiger partial charge on any atom is 0.0299 e. The molecule has 1 aliphatic rings. The van der Waals surface area contributed by atoms with Crippen molar-refractivity contribution in [2.45, 2.75) is 12.3 Å². The van der Waals surface area contributed by atoms with Gasteiger partial charge in [-0.25, -0.2) is 0 Å². The topological polar surface area (TPSA) is 12.0 Å². The first kappa shape index (κ1) is 12.2. The molecule has 1 heterocycles. The quantitative estimate of drug-likeness (QED) is 0.817. The molecule has 0 amide bonds. The van der Waals surface area contributed by atoms with Crippen LogP contribution in [0.2, 0.25) is 0 Å². The molecule has 0 atom stereocenters. The van der Waals surface area contributed by atoms with Crippen LogP contribution < -0.4 is 5.32 Å². The third-order valence-electron chi connectivity index (χ3n) is 3.74. The van der Waals surface area contributed by atoms with Crippen LogP contribution in [0.4, 0.5) is 0 Å². The summed E-state index contributed by atoms with van der Waals surface area (Å²) < 4.78 is 0. The summed E-state index contributed by atoms with van der Waals surface area (Å²) in [5.41, 5.74) is 4.32. The Labute approximate surface area is 115 Å². The van der Waals surface area contributed by atoms with Crippen molar-refractivity contribution in [1.82, 2.24) is 5.32 Å². The van der Waals surface area contributed by atoms with Gasteiger partial charge in [-0.3, -0.25) is 0 Å². The van der Waals surface area contributed by atoms with Crippen LogP contribution >= 0.6 is 0 Å². The van der Waals surface area contributed by atoms with Crippen LogP contribution in [-0.2, 0) is 0 Å². The maximum atomic E-state index is 3.40. The summed E-state index contributed by atoms with van der Waals surface area (Å²) in [6.07, 6.45) is 3.49. The number of hydrogen-bond acceptors (Lipinski definition) is 1. The zero-order valence-electron chi connectivity index (χ0n) is 11.0. The summed E-state index contributed by atoms with van der Waals surface area (Å²) in [4.78, 5) is 0. The second kappa shape index (κ2) is 5.85. The van der Waals surface area contributed by atoms with Crippen molar-refractivity contribution in [3.8, 4) is 0 Å². The Hall–Kier alpha value is -1.86. The van der Waals surface area contributed by atoms with Gasteiger partial charge < -0.3 is 5.32 Å². The molecule has 96 valence electrons. The van der Waals surface area contributed by atoms with E-state index < -0.39 is 0 Å². The van der Waals surface area contributed by atoms with Crippen LogP contribution in [0.25, 0.3) is 0 Å².